The summed E-state index contributed by atoms with van der Waals surface area (Å²) in [5.41, 5.74) is 3.99. The lowest BCUT2D eigenvalue weighted by atomic mass is 10.2. The third-order valence-electron chi connectivity index (χ3n) is 1.66. The molecular formula is C8H7ClF2N2O2. The zero-order valence-corrected chi connectivity index (χ0v) is 8.39. The Morgan fingerprint density at radius 3 is 2.67 bits per heavy atom. The van der Waals surface area contributed by atoms with Crippen LogP contribution >= 0.6 is 11.6 Å². The fraction of sp³-hybridized carbons (Fsp3) is 0.250. The normalized spacial score (nSPS) is 10.5. The van der Waals surface area contributed by atoms with Crippen LogP contribution in [0.1, 0.15) is 22.6 Å². The van der Waals surface area contributed by atoms with Gasteiger partial charge >= 0.3 is 0 Å². The van der Waals surface area contributed by atoms with E-state index < -0.39 is 17.4 Å². The molecule has 0 saturated heterocycles. The van der Waals surface area contributed by atoms with Gasteiger partial charge in [0.15, 0.2) is 11.4 Å². The molecule has 0 spiro atoms. The molecule has 1 rings (SSSR count). The number of pyridine rings is 1. The highest BCUT2D eigenvalue weighted by molar-refractivity contribution is 6.67. The summed E-state index contributed by atoms with van der Waals surface area (Å²) in [6.07, 6.45) is -2.87. The second-order valence-corrected chi connectivity index (χ2v) is 2.93. The van der Waals surface area contributed by atoms with E-state index in [2.05, 4.69) is 4.98 Å². The van der Waals surface area contributed by atoms with Gasteiger partial charge in [-0.05, 0) is 11.6 Å². The van der Waals surface area contributed by atoms with Gasteiger partial charge < -0.3 is 10.5 Å². The molecule has 7 heteroatoms. The van der Waals surface area contributed by atoms with Gasteiger partial charge in [-0.15, -0.1) is 0 Å². The van der Waals surface area contributed by atoms with Crippen molar-refractivity contribution >= 4 is 22.5 Å². The number of carbonyl (C=O) groups excluding carboxylic acids is 1. The van der Waals surface area contributed by atoms with Crippen LogP contribution in [0, 0.1) is 0 Å². The number of methoxy groups -OCH3 is 1. The first-order valence-electron chi connectivity index (χ1n) is 3.79. The first-order valence-corrected chi connectivity index (χ1v) is 4.17. The largest absolute Gasteiger partial charge is 0.494 e. The number of alkyl halides is 2. The molecule has 82 valence electrons. The molecule has 1 aromatic heterocycles. The third-order valence-corrected chi connectivity index (χ3v) is 1.84. The second-order valence-electron chi connectivity index (χ2n) is 2.59. The van der Waals surface area contributed by atoms with Gasteiger partial charge in [-0.2, -0.15) is 0 Å². The Balaban J connectivity index is 3.37. The van der Waals surface area contributed by atoms with E-state index in [1.54, 1.807) is 0 Å². The summed E-state index contributed by atoms with van der Waals surface area (Å²) in [5, 5.41) is -0.978. The van der Waals surface area contributed by atoms with Gasteiger partial charge in [0.25, 0.3) is 11.7 Å². The highest BCUT2D eigenvalue weighted by Crippen LogP contribution is 2.29. The first kappa shape index (κ1) is 11.6. The molecule has 0 atom stereocenters. The van der Waals surface area contributed by atoms with E-state index in [0.29, 0.717) is 0 Å². The van der Waals surface area contributed by atoms with Crippen molar-refractivity contribution in [3.05, 3.63) is 17.5 Å². The van der Waals surface area contributed by atoms with Crippen molar-refractivity contribution in [2.24, 2.45) is 0 Å². The summed E-state index contributed by atoms with van der Waals surface area (Å²) in [7, 11) is 1.25. The Labute approximate surface area is 89.0 Å². The monoisotopic (exact) mass is 236 g/mol. The molecule has 1 aromatic rings. The van der Waals surface area contributed by atoms with E-state index in [9.17, 15) is 13.6 Å². The zero-order chi connectivity index (χ0) is 11.6. The van der Waals surface area contributed by atoms with Crippen LogP contribution in [0.25, 0.3) is 0 Å². The van der Waals surface area contributed by atoms with Gasteiger partial charge in [0.2, 0.25) is 0 Å². The maximum atomic E-state index is 12.4. The van der Waals surface area contributed by atoms with Crippen LogP contribution in [-0.2, 0) is 0 Å². The molecule has 0 aliphatic heterocycles. The molecule has 1 heterocycles. The minimum absolute atomic E-state index is 0.0306. The van der Waals surface area contributed by atoms with E-state index in [1.165, 1.54) is 7.11 Å². The number of anilines is 1. The van der Waals surface area contributed by atoms with Crippen molar-refractivity contribution in [3.63, 3.8) is 0 Å². The quantitative estimate of drug-likeness (QED) is 0.815. The number of nitrogen functional groups attached to an aromatic ring is 1. The van der Waals surface area contributed by atoms with Crippen LogP contribution in [0.3, 0.4) is 0 Å². The number of ether oxygens (including phenoxy) is 1. The van der Waals surface area contributed by atoms with E-state index >= 15 is 0 Å². The molecule has 0 aromatic carbocycles. The number of aromatic nitrogens is 1. The van der Waals surface area contributed by atoms with Crippen molar-refractivity contribution in [3.8, 4) is 5.75 Å². The van der Waals surface area contributed by atoms with Crippen LogP contribution in [0.2, 0.25) is 0 Å². The van der Waals surface area contributed by atoms with Crippen LogP contribution in [0.15, 0.2) is 6.07 Å². The SMILES string of the molecule is COc1cc(N)c(C(F)F)nc1C(=O)Cl. The molecule has 0 bridgehead atoms. The van der Waals surface area contributed by atoms with E-state index in [-0.39, 0.29) is 17.1 Å². The maximum absolute atomic E-state index is 12.4. The first-order chi connectivity index (χ1) is 6.97. The molecule has 0 amide bonds. The lowest BCUT2D eigenvalue weighted by Crippen LogP contribution is -2.06. The number of nitrogens with zero attached hydrogens (tertiary/aromatic N) is 1. The average Bonchev–Trinajstić information content (AvgIpc) is 2.16. The summed E-state index contributed by atoms with van der Waals surface area (Å²) >= 11 is 5.15. The topological polar surface area (TPSA) is 65.2 Å². The predicted octanol–water partition coefficient (Wildman–Crippen LogP) is 1.99. The van der Waals surface area contributed by atoms with Crippen molar-refractivity contribution in [2.45, 2.75) is 6.43 Å². The third kappa shape index (κ3) is 2.33. The zero-order valence-electron chi connectivity index (χ0n) is 7.63. The molecule has 2 N–H and O–H groups in total. The molecule has 0 radical (unpaired) electrons. The Bertz CT molecular complexity index is 398. The number of hydrogen-bond donors (Lipinski definition) is 1. The summed E-state index contributed by atoms with van der Waals surface area (Å²) in [4.78, 5) is 14.2. The van der Waals surface area contributed by atoms with Crippen LogP contribution < -0.4 is 10.5 Å². The molecular weight excluding hydrogens is 230 g/mol. The number of rotatable bonds is 3. The molecule has 0 aliphatic carbocycles. The van der Waals surface area contributed by atoms with Crippen molar-refractivity contribution < 1.29 is 18.3 Å². The van der Waals surface area contributed by atoms with Crippen LogP contribution in [0.5, 0.6) is 5.75 Å². The van der Waals surface area contributed by atoms with E-state index in [0.717, 1.165) is 6.07 Å². The standard InChI is InChI=1S/C8H7ClF2N2O2/c1-15-4-2-3(12)5(8(10)11)13-6(4)7(9)14/h2,8H,12H2,1H3. The van der Waals surface area contributed by atoms with Crippen molar-refractivity contribution in [1.29, 1.82) is 0 Å². The van der Waals surface area contributed by atoms with Gasteiger partial charge in [-0.3, -0.25) is 4.79 Å². The minimum atomic E-state index is -2.87. The fourth-order valence-electron chi connectivity index (χ4n) is 0.995. The summed E-state index contributed by atoms with van der Waals surface area (Å²) in [5.74, 6) is -0.0306. The van der Waals surface area contributed by atoms with Gasteiger partial charge in [-0.25, -0.2) is 13.8 Å². The lowest BCUT2D eigenvalue weighted by molar-refractivity contribution is 0.107. The molecule has 0 aliphatic rings. The Morgan fingerprint density at radius 1 is 1.67 bits per heavy atom. The van der Waals surface area contributed by atoms with Crippen LogP contribution in [-0.4, -0.2) is 17.3 Å². The van der Waals surface area contributed by atoms with Gasteiger partial charge in [0, 0.05) is 6.07 Å². The predicted molar refractivity (Wildman–Crippen MR) is 50.3 cm³/mol. The number of hydrogen-bond acceptors (Lipinski definition) is 4. The van der Waals surface area contributed by atoms with Crippen molar-refractivity contribution in [2.75, 3.05) is 12.8 Å². The molecule has 0 unspecified atom stereocenters. The summed E-state index contributed by atoms with van der Waals surface area (Å²) in [6, 6.07) is 1.09. The van der Waals surface area contributed by atoms with Gasteiger partial charge in [0.1, 0.15) is 5.69 Å². The Morgan fingerprint density at radius 2 is 2.27 bits per heavy atom. The average molecular weight is 237 g/mol. The molecule has 4 nitrogen and oxygen atoms in total. The highest BCUT2D eigenvalue weighted by atomic mass is 35.5. The second kappa shape index (κ2) is 4.39. The number of halogens is 3. The lowest BCUT2D eigenvalue weighted by Gasteiger charge is -2.09. The fourth-order valence-corrected chi connectivity index (χ4v) is 1.13. The highest BCUT2D eigenvalue weighted by Gasteiger charge is 2.20. The minimum Gasteiger partial charge on any atom is -0.494 e. The van der Waals surface area contributed by atoms with E-state index in [4.69, 9.17) is 22.1 Å². The summed E-state index contributed by atoms with van der Waals surface area (Å²) < 4.78 is 29.5. The van der Waals surface area contributed by atoms with Crippen LogP contribution in [0.4, 0.5) is 14.5 Å². The number of nitrogens with two attached hydrogens (primary N) is 1. The Kier molecular flexibility index (Phi) is 3.41. The molecule has 15 heavy (non-hydrogen) atoms. The van der Waals surface area contributed by atoms with Gasteiger partial charge in [-0.1, -0.05) is 0 Å². The van der Waals surface area contributed by atoms with E-state index in [1.807, 2.05) is 0 Å². The molecule has 0 fully saturated rings. The Hall–Kier alpha value is -1.43. The van der Waals surface area contributed by atoms with Gasteiger partial charge in [0.05, 0.1) is 12.8 Å². The molecule has 0 saturated carbocycles. The van der Waals surface area contributed by atoms with Crippen molar-refractivity contribution in [1.82, 2.24) is 4.98 Å². The smallest absolute Gasteiger partial charge is 0.282 e. The summed E-state index contributed by atoms with van der Waals surface area (Å²) in [6.45, 7) is 0. The number of carbonyl (C=O) groups is 1. The maximum Gasteiger partial charge on any atom is 0.282 e.